The molecule has 0 unspecified atom stereocenters. The number of piperazine rings is 1. The van der Waals surface area contributed by atoms with Crippen molar-refractivity contribution in [3.63, 3.8) is 0 Å². The number of quaternary nitrogens is 1. The molecule has 0 bridgehead atoms. The van der Waals surface area contributed by atoms with Gasteiger partial charge in [0.1, 0.15) is 23.4 Å². The summed E-state index contributed by atoms with van der Waals surface area (Å²) in [5, 5.41) is 0. The number of carbonyl (C=O) groups excluding carboxylic acids is 1. The first kappa shape index (κ1) is 20.1. The molecule has 1 saturated heterocycles. The van der Waals surface area contributed by atoms with E-state index in [0.29, 0.717) is 31.9 Å². The summed E-state index contributed by atoms with van der Waals surface area (Å²) < 4.78 is 26.9. The van der Waals surface area contributed by atoms with Crippen LogP contribution in [0.15, 0.2) is 60.9 Å². The number of nitrogens with one attached hydrogen (secondary N) is 1. The van der Waals surface area contributed by atoms with Gasteiger partial charge < -0.3 is 9.80 Å². The summed E-state index contributed by atoms with van der Waals surface area (Å²) in [6.45, 7) is 4.40. The first-order chi connectivity index (χ1) is 14.5. The second-order valence-electron chi connectivity index (χ2n) is 7.53. The topological polar surface area (TPSA) is 50.5 Å². The van der Waals surface area contributed by atoms with Gasteiger partial charge in [-0.3, -0.25) is 9.78 Å². The molecule has 5 nitrogen and oxygen atoms in total. The summed E-state index contributed by atoms with van der Waals surface area (Å²) in [6, 6.07) is 12.8. The van der Waals surface area contributed by atoms with Crippen LogP contribution in [0.1, 0.15) is 33.4 Å². The van der Waals surface area contributed by atoms with Gasteiger partial charge in [0.05, 0.1) is 38.1 Å². The summed E-state index contributed by atoms with van der Waals surface area (Å²) in [7, 11) is 0. The Labute approximate surface area is 174 Å². The summed E-state index contributed by atoms with van der Waals surface area (Å²) in [4.78, 5) is 24.1. The van der Waals surface area contributed by atoms with Crippen LogP contribution >= 0.6 is 0 Å². The van der Waals surface area contributed by atoms with Crippen LogP contribution in [-0.2, 0) is 0 Å². The number of nitrogens with zero attached hydrogens (tertiary/aromatic N) is 3. The van der Waals surface area contributed by atoms with Crippen LogP contribution in [-0.4, -0.2) is 47.0 Å². The lowest BCUT2D eigenvalue weighted by molar-refractivity contribution is -0.929. The standard InChI is InChI=1S/C23H22F2N4O/c1-16-14-27-21(15-26-16)23(30)29-12-10-28(11-13-29)22(17-2-6-19(24)7-3-17)18-4-8-20(25)9-5-18/h2-9,14-15,22H,10-13H2,1H3/p+1. The van der Waals surface area contributed by atoms with Crippen molar-refractivity contribution in [2.24, 2.45) is 0 Å². The van der Waals surface area contributed by atoms with Crippen molar-refractivity contribution in [2.75, 3.05) is 26.2 Å². The zero-order valence-electron chi connectivity index (χ0n) is 16.7. The van der Waals surface area contributed by atoms with Crippen LogP contribution in [0.3, 0.4) is 0 Å². The molecule has 7 heteroatoms. The number of halogens is 2. The average molecular weight is 409 g/mol. The molecule has 0 saturated carbocycles. The third-order valence-corrected chi connectivity index (χ3v) is 5.51. The highest BCUT2D eigenvalue weighted by molar-refractivity contribution is 5.92. The van der Waals surface area contributed by atoms with Crippen LogP contribution in [0.5, 0.6) is 0 Å². The van der Waals surface area contributed by atoms with E-state index < -0.39 is 0 Å². The van der Waals surface area contributed by atoms with Crippen molar-refractivity contribution < 1.29 is 18.5 Å². The van der Waals surface area contributed by atoms with Crippen molar-refractivity contribution in [1.82, 2.24) is 14.9 Å². The molecule has 4 rings (SSSR count). The number of carbonyl (C=O) groups is 1. The number of aromatic nitrogens is 2. The number of benzene rings is 2. The van der Waals surface area contributed by atoms with E-state index in [4.69, 9.17) is 0 Å². The van der Waals surface area contributed by atoms with E-state index in [-0.39, 0.29) is 23.6 Å². The molecule has 0 aliphatic carbocycles. The summed E-state index contributed by atoms with van der Waals surface area (Å²) in [6.07, 6.45) is 3.10. The Morgan fingerprint density at radius 2 is 1.43 bits per heavy atom. The van der Waals surface area contributed by atoms with Gasteiger partial charge in [-0.15, -0.1) is 0 Å². The molecule has 2 heterocycles. The minimum Gasteiger partial charge on any atom is -0.326 e. The Balaban J connectivity index is 1.53. The molecule has 1 N–H and O–H groups in total. The molecule has 30 heavy (non-hydrogen) atoms. The first-order valence-electron chi connectivity index (χ1n) is 9.94. The van der Waals surface area contributed by atoms with E-state index in [1.54, 1.807) is 35.4 Å². The van der Waals surface area contributed by atoms with Crippen LogP contribution < -0.4 is 4.90 Å². The predicted octanol–water partition coefficient (Wildman–Crippen LogP) is 2.19. The molecule has 1 amide bonds. The monoisotopic (exact) mass is 409 g/mol. The van der Waals surface area contributed by atoms with Gasteiger partial charge in [-0.25, -0.2) is 13.8 Å². The quantitative estimate of drug-likeness (QED) is 0.719. The number of rotatable bonds is 4. The second kappa shape index (κ2) is 8.67. The molecular weight excluding hydrogens is 386 g/mol. The van der Waals surface area contributed by atoms with Crippen molar-refractivity contribution in [3.05, 3.63) is 95.1 Å². The smallest absolute Gasteiger partial charge is 0.274 e. The van der Waals surface area contributed by atoms with E-state index >= 15 is 0 Å². The Morgan fingerprint density at radius 3 is 1.90 bits per heavy atom. The van der Waals surface area contributed by atoms with Gasteiger partial charge in [-0.1, -0.05) is 0 Å². The van der Waals surface area contributed by atoms with E-state index in [1.807, 2.05) is 6.92 Å². The van der Waals surface area contributed by atoms with Gasteiger partial charge in [0.25, 0.3) is 5.91 Å². The van der Waals surface area contributed by atoms with E-state index in [9.17, 15) is 13.6 Å². The largest absolute Gasteiger partial charge is 0.326 e. The van der Waals surface area contributed by atoms with Crippen LogP contribution in [0.2, 0.25) is 0 Å². The summed E-state index contributed by atoms with van der Waals surface area (Å²) in [5.74, 6) is -0.705. The van der Waals surface area contributed by atoms with Crippen LogP contribution in [0.4, 0.5) is 8.78 Å². The Kier molecular flexibility index (Phi) is 5.81. The van der Waals surface area contributed by atoms with Crippen molar-refractivity contribution >= 4 is 5.91 Å². The molecule has 1 aliphatic heterocycles. The highest BCUT2D eigenvalue weighted by Crippen LogP contribution is 2.21. The lowest BCUT2D eigenvalue weighted by Gasteiger charge is -2.37. The summed E-state index contributed by atoms with van der Waals surface area (Å²) >= 11 is 0. The van der Waals surface area contributed by atoms with Crippen LogP contribution in [0, 0.1) is 18.6 Å². The van der Waals surface area contributed by atoms with Gasteiger partial charge in [0.2, 0.25) is 0 Å². The van der Waals surface area contributed by atoms with E-state index in [2.05, 4.69) is 9.97 Å². The van der Waals surface area contributed by atoms with Crippen LogP contribution in [0.25, 0.3) is 0 Å². The molecule has 2 aromatic carbocycles. The Hall–Kier alpha value is -3.19. The zero-order chi connectivity index (χ0) is 21.1. The highest BCUT2D eigenvalue weighted by atomic mass is 19.1. The maximum absolute atomic E-state index is 13.5. The zero-order valence-corrected chi connectivity index (χ0v) is 16.7. The molecular formula is C23H23F2N4O+. The fraction of sp³-hybridized carbons (Fsp3) is 0.261. The fourth-order valence-corrected chi connectivity index (χ4v) is 3.93. The average Bonchev–Trinajstić information content (AvgIpc) is 2.77. The number of hydrogen-bond donors (Lipinski definition) is 1. The van der Waals surface area contributed by atoms with Gasteiger partial charge in [0, 0.05) is 17.3 Å². The van der Waals surface area contributed by atoms with Crippen molar-refractivity contribution in [2.45, 2.75) is 13.0 Å². The first-order valence-corrected chi connectivity index (χ1v) is 9.94. The minimum absolute atomic E-state index is 0.0670. The lowest BCUT2D eigenvalue weighted by Crippen LogP contribution is -3.15. The van der Waals surface area contributed by atoms with Gasteiger partial charge in [-0.05, 0) is 55.5 Å². The molecule has 0 atom stereocenters. The normalized spacial score (nSPS) is 14.9. The van der Waals surface area contributed by atoms with Gasteiger partial charge in [-0.2, -0.15) is 0 Å². The van der Waals surface area contributed by atoms with E-state index in [0.717, 1.165) is 16.8 Å². The van der Waals surface area contributed by atoms with Gasteiger partial charge >= 0.3 is 0 Å². The summed E-state index contributed by atoms with van der Waals surface area (Å²) in [5.41, 5.74) is 3.03. The molecule has 1 aromatic heterocycles. The molecule has 0 spiro atoms. The lowest BCUT2D eigenvalue weighted by atomic mass is 9.96. The third kappa shape index (κ3) is 4.36. The molecule has 1 fully saturated rings. The highest BCUT2D eigenvalue weighted by Gasteiger charge is 2.32. The SMILES string of the molecule is Cc1cnc(C(=O)N2CC[NH+](C(c3ccc(F)cc3)c3ccc(F)cc3)CC2)cn1. The molecule has 154 valence electrons. The van der Waals surface area contributed by atoms with Crippen molar-refractivity contribution in [1.29, 1.82) is 0 Å². The van der Waals surface area contributed by atoms with Crippen molar-refractivity contribution in [3.8, 4) is 0 Å². The third-order valence-electron chi connectivity index (χ3n) is 5.51. The molecule has 3 aromatic rings. The Morgan fingerprint density at radius 1 is 0.900 bits per heavy atom. The second-order valence-corrected chi connectivity index (χ2v) is 7.53. The molecule has 1 aliphatic rings. The maximum atomic E-state index is 13.5. The fourth-order valence-electron chi connectivity index (χ4n) is 3.93. The Bertz CT molecular complexity index is 953. The molecule has 0 radical (unpaired) electrons. The minimum atomic E-state index is -0.291. The number of hydrogen-bond acceptors (Lipinski definition) is 3. The van der Waals surface area contributed by atoms with Gasteiger partial charge in [0.15, 0.2) is 0 Å². The predicted molar refractivity (Wildman–Crippen MR) is 108 cm³/mol. The maximum Gasteiger partial charge on any atom is 0.274 e. The number of aryl methyl sites for hydroxylation is 1. The number of amides is 1. The van der Waals surface area contributed by atoms with E-state index in [1.165, 1.54) is 35.4 Å².